The third kappa shape index (κ3) is 5.90. The van der Waals surface area contributed by atoms with Crippen LogP contribution >= 0.6 is 11.6 Å². The van der Waals surface area contributed by atoms with Gasteiger partial charge in [0.15, 0.2) is 0 Å². The Hall–Kier alpha value is -4.56. The van der Waals surface area contributed by atoms with Gasteiger partial charge >= 0.3 is 12.1 Å². The number of carboxylic acid groups (broad SMARTS) is 1. The second-order valence-corrected chi connectivity index (χ2v) is 11.0. The van der Waals surface area contributed by atoms with Crippen LogP contribution < -0.4 is 10.1 Å². The van der Waals surface area contributed by atoms with Gasteiger partial charge in [-0.05, 0) is 85.3 Å². The van der Waals surface area contributed by atoms with Gasteiger partial charge in [-0.25, -0.2) is 9.59 Å². The highest BCUT2D eigenvalue weighted by molar-refractivity contribution is 6.31. The first kappa shape index (κ1) is 27.6. The van der Waals surface area contributed by atoms with Crippen molar-refractivity contribution in [3.8, 4) is 5.75 Å². The van der Waals surface area contributed by atoms with Crippen molar-refractivity contribution in [3.05, 3.63) is 100 Å². The first-order valence-electron chi connectivity index (χ1n) is 13.9. The Bertz CT molecular complexity index is 1810. The molecule has 5 aromatic rings. The summed E-state index contributed by atoms with van der Waals surface area (Å²) >= 11 is 6.21. The molecule has 9 heteroatoms. The molecule has 42 heavy (non-hydrogen) atoms. The third-order valence-electron chi connectivity index (χ3n) is 7.75. The number of amides is 1. The molecule has 6 rings (SSSR count). The molecule has 0 atom stereocenters. The Labute approximate surface area is 247 Å². The Morgan fingerprint density at radius 1 is 1.02 bits per heavy atom. The minimum Gasteiger partial charge on any atom is -0.496 e. The maximum absolute atomic E-state index is 12.6. The molecular formula is C33H30ClN3O5. The number of hydrogen-bond acceptors (Lipinski definition) is 5. The van der Waals surface area contributed by atoms with Crippen LogP contribution in [0, 0.1) is 0 Å². The SMILES string of the molecule is COc1cc(C(=O)O)ccc1Cc1cn(Cc2ccc3ccc(Cl)cc3n2)c2ccc(NC(=O)OC3CCCC3)cc12. The summed E-state index contributed by atoms with van der Waals surface area (Å²) in [6.45, 7) is 0.518. The summed E-state index contributed by atoms with van der Waals surface area (Å²) in [7, 11) is 1.53. The zero-order valence-electron chi connectivity index (χ0n) is 23.1. The number of aromatic nitrogens is 2. The smallest absolute Gasteiger partial charge is 0.411 e. The van der Waals surface area contributed by atoms with Crippen molar-refractivity contribution in [2.24, 2.45) is 0 Å². The maximum atomic E-state index is 12.6. The van der Waals surface area contributed by atoms with Gasteiger partial charge in [0.2, 0.25) is 0 Å². The minimum atomic E-state index is -1.01. The number of anilines is 1. The molecule has 0 aliphatic heterocycles. The number of methoxy groups -OCH3 is 1. The van der Waals surface area contributed by atoms with Crippen molar-refractivity contribution in [1.82, 2.24) is 9.55 Å². The Morgan fingerprint density at radius 2 is 1.83 bits per heavy atom. The van der Waals surface area contributed by atoms with Crippen LogP contribution in [-0.2, 0) is 17.7 Å². The molecule has 2 heterocycles. The lowest BCUT2D eigenvalue weighted by molar-refractivity contribution is 0.0696. The zero-order valence-corrected chi connectivity index (χ0v) is 23.9. The van der Waals surface area contributed by atoms with Crippen molar-refractivity contribution >= 4 is 51.2 Å². The van der Waals surface area contributed by atoms with E-state index in [1.54, 1.807) is 12.1 Å². The average molecular weight is 584 g/mol. The van der Waals surface area contributed by atoms with Crippen molar-refractivity contribution < 1.29 is 24.2 Å². The lowest BCUT2D eigenvalue weighted by Gasteiger charge is -2.13. The topological polar surface area (TPSA) is 103 Å². The summed E-state index contributed by atoms with van der Waals surface area (Å²) in [5.74, 6) is -0.515. The molecular weight excluding hydrogens is 554 g/mol. The van der Waals surface area contributed by atoms with E-state index in [1.807, 2.05) is 48.5 Å². The van der Waals surface area contributed by atoms with E-state index in [-0.39, 0.29) is 11.7 Å². The fourth-order valence-electron chi connectivity index (χ4n) is 5.65. The number of ether oxygens (including phenoxy) is 2. The van der Waals surface area contributed by atoms with Gasteiger partial charge in [-0.2, -0.15) is 0 Å². The fraction of sp³-hybridized carbons (Fsp3) is 0.242. The van der Waals surface area contributed by atoms with Gasteiger partial charge in [0, 0.05) is 39.6 Å². The highest BCUT2D eigenvalue weighted by atomic mass is 35.5. The van der Waals surface area contributed by atoms with E-state index in [2.05, 4.69) is 16.1 Å². The lowest BCUT2D eigenvalue weighted by atomic mass is 10.0. The Kier molecular flexibility index (Phi) is 7.71. The van der Waals surface area contributed by atoms with Crippen LogP contribution in [-0.4, -0.2) is 39.9 Å². The molecule has 1 aliphatic rings. The molecule has 1 fully saturated rings. The van der Waals surface area contributed by atoms with E-state index in [0.717, 1.165) is 64.3 Å². The number of benzene rings is 3. The zero-order chi connectivity index (χ0) is 29.2. The number of nitrogens with one attached hydrogen (secondary N) is 1. The fourth-order valence-corrected chi connectivity index (χ4v) is 5.82. The first-order chi connectivity index (χ1) is 20.4. The van der Waals surface area contributed by atoms with Crippen molar-refractivity contribution in [2.45, 2.75) is 44.8 Å². The molecule has 0 unspecified atom stereocenters. The number of nitrogens with zero attached hydrogens (tertiary/aromatic N) is 2. The van der Waals surface area contributed by atoms with Crippen molar-refractivity contribution in [2.75, 3.05) is 12.4 Å². The van der Waals surface area contributed by atoms with E-state index in [1.165, 1.54) is 13.2 Å². The van der Waals surface area contributed by atoms with Crippen LogP contribution in [0.2, 0.25) is 5.02 Å². The highest BCUT2D eigenvalue weighted by Gasteiger charge is 2.20. The van der Waals surface area contributed by atoms with Gasteiger partial charge in [-0.1, -0.05) is 29.8 Å². The number of hydrogen-bond donors (Lipinski definition) is 2. The maximum Gasteiger partial charge on any atom is 0.411 e. The van der Waals surface area contributed by atoms with E-state index < -0.39 is 12.1 Å². The summed E-state index contributed by atoms with van der Waals surface area (Å²) in [5.41, 5.74) is 5.30. The predicted octanol–water partition coefficient (Wildman–Crippen LogP) is 7.68. The standard InChI is InChI=1S/C33H30ClN3O5/c1-41-31-15-22(32(38)39)7-6-21(31)14-23-18-37(19-26-11-9-20-8-10-24(34)16-29(20)35-26)30-13-12-25(17-28(23)30)36-33(40)42-27-4-2-3-5-27/h6-13,15-18,27H,2-5,14,19H2,1H3,(H,36,40)(H,38,39). The summed E-state index contributed by atoms with van der Waals surface area (Å²) in [5, 5.41) is 14.9. The summed E-state index contributed by atoms with van der Waals surface area (Å²) in [6, 6.07) is 20.4. The molecule has 1 saturated carbocycles. The van der Waals surface area contributed by atoms with Gasteiger partial charge in [-0.3, -0.25) is 10.3 Å². The number of carbonyl (C=O) groups is 2. The second-order valence-electron chi connectivity index (χ2n) is 10.6. The van der Waals surface area contributed by atoms with E-state index in [9.17, 15) is 14.7 Å². The van der Waals surface area contributed by atoms with Crippen LogP contribution in [0.1, 0.15) is 52.9 Å². The van der Waals surface area contributed by atoms with Gasteiger partial charge in [-0.15, -0.1) is 0 Å². The Morgan fingerprint density at radius 3 is 2.62 bits per heavy atom. The summed E-state index contributed by atoms with van der Waals surface area (Å²) in [6.07, 6.45) is 6.04. The predicted molar refractivity (Wildman–Crippen MR) is 163 cm³/mol. The second kappa shape index (κ2) is 11.7. The lowest BCUT2D eigenvalue weighted by Crippen LogP contribution is -2.20. The van der Waals surface area contributed by atoms with Crippen LogP contribution in [0.3, 0.4) is 0 Å². The number of rotatable bonds is 8. The van der Waals surface area contributed by atoms with E-state index >= 15 is 0 Å². The number of carbonyl (C=O) groups excluding carboxylic acids is 1. The third-order valence-corrected chi connectivity index (χ3v) is 7.98. The number of halogens is 1. The van der Waals surface area contributed by atoms with Crippen molar-refractivity contribution in [3.63, 3.8) is 0 Å². The number of fused-ring (bicyclic) bond motifs is 2. The van der Waals surface area contributed by atoms with Crippen LogP contribution in [0.25, 0.3) is 21.8 Å². The highest BCUT2D eigenvalue weighted by Crippen LogP contribution is 2.31. The van der Waals surface area contributed by atoms with Gasteiger partial charge < -0.3 is 19.1 Å². The average Bonchev–Trinajstić information content (AvgIpc) is 3.60. The monoisotopic (exact) mass is 583 g/mol. The summed E-state index contributed by atoms with van der Waals surface area (Å²) in [4.78, 5) is 29.0. The normalized spacial score (nSPS) is 13.5. The molecule has 0 bridgehead atoms. The van der Waals surface area contributed by atoms with Gasteiger partial charge in [0.1, 0.15) is 11.9 Å². The van der Waals surface area contributed by atoms with Gasteiger partial charge in [0.05, 0.1) is 30.4 Å². The molecule has 0 spiro atoms. The first-order valence-corrected chi connectivity index (χ1v) is 14.3. The van der Waals surface area contributed by atoms with Gasteiger partial charge in [0.25, 0.3) is 0 Å². The molecule has 2 N–H and O–H groups in total. The number of pyridine rings is 1. The van der Waals surface area contributed by atoms with E-state index in [4.69, 9.17) is 26.1 Å². The molecule has 0 radical (unpaired) electrons. The number of carboxylic acids is 1. The van der Waals surface area contributed by atoms with Crippen LogP contribution in [0.5, 0.6) is 5.75 Å². The van der Waals surface area contributed by atoms with E-state index in [0.29, 0.717) is 29.4 Å². The number of aromatic carboxylic acids is 1. The summed E-state index contributed by atoms with van der Waals surface area (Å²) < 4.78 is 13.3. The molecule has 214 valence electrons. The molecule has 1 amide bonds. The molecule has 3 aromatic carbocycles. The van der Waals surface area contributed by atoms with Crippen molar-refractivity contribution in [1.29, 1.82) is 0 Å². The molecule has 2 aromatic heterocycles. The van der Waals surface area contributed by atoms with Crippen LogP contribution in [0.15, 0.2) is 72.9 Å². The van der Waals surface area contributed by atoms with Crippen LogP contribution in [0.4, 0.5) is 10.5 Å². The Balaban J connectivity index is 1.36. The largest absolute Gasteiger partial charge is 0.496 e. The molecule has 8 nitrogen and oxygen atoms in total. The molecule has 1 aliphatic carbocycles. The minimum absolute atomic E-state index is 0.0315. The molecule has 0 saturated heterocycles. The quantitative estimate of drug-likeness (QED) is 0.194.